The molecule has 0 unspecified atom stereocenters. The number of nitrogens with one attached hydrogen (secondary N) is 1. The van der Waals surface area contributed by atoms with Crippen molar-refractivity contribution in [3.8, 4) is 28.0 Å². The highest BCUT2D eigenvalue weighted by Crippen LogP contribution is 2.35. The number of H-pyrrole nitrogens is 1. The van der Waals surface area contributed by atoms with Crippen LogP contribution in [0.4, 0.5) is 0 Å². The van der Waals surface area contributed by atoms with E-state index in [2.05, 4.69) is 51.3 Å². The molecule has 0 spiro atoms. The summed E-state index contributed by atoms with van der Waals surface area (Å²) in [5, 5.41) is 1.09. The molecule has 1 N–H and O–H groups in total. The minimum Gasteiger partial charge on any atom is -0.496 e. The molecule has 0 aliphatic carbocycles. The summed E-state index contributed by atoms with van der Waals surface area (Å²) in [5.41, 5.74) is 6.64. The molecule has 0 saturated carbocycles. The predicted molar refractivity (Wildman–Crippen MR) is 120 cm³/mol. The number of nitrogens with zero attached hydrogens (tertiary/aromatic N) is 2. The zero-order valence-corrected chi connectivity index (χ0v) is 17.1. The fourth-order valence-corrected chi connectivity index (χ4v) is 4.07. The van der Waals surface area contributed by atoms with Gasteiger partial charge in [0.05, 0.1) is 20.3 Å². The number of morpholine rings is 1. The van der Waals surface area contributed by atoms with Gasteiger partial charge in [-0.25, -0.2) is 4.98 Å². The summed E-state index contributed by atoms with van der Waals surface area (Å²) in [7, 11) is 1.70. The van der Waals surface area contributed by atoms with E-state index in [1.807, 2.05) is 30.6 Å². The third kappa shape index (κ3) is 3.70. The predicted octanol–water partition coefficient (Wildman–Crippen LogP) is 4.74. The van der Waals surface area contributed by atoms with Gasteiger partial charge in [0, 0.05) is 54.1 Å². The molecule has 3 heterocycles. The minimum absolute atomic E-state index is 0.828. The standard InChI is InChI=1S/C25H25N3O2/c1-29-24-5-3-2-4-21(24)23-16-27-25-22(23)14-20(15-26-25)19-8-6-18(7-9-19)17-28-10-12-30-13-11-28/h2-9,14-16H,10-13,17H2,1H3,(H,26,27). The van der Waals surface area contributed by atoms with Gasteiger partial charge in [0.25, 0.3) is 0 Å². The number of para-hydroxylation sites is 1. The smallest absolute Gasteiger partial charge is 0.137 e. The monoisotopic (exact) mass is 399 g/mol. The third-order valence-corrected chi connectivity index (χ3v) is 5.73. The summed E-state index contributed by atoms with van der Waals surface area (Å²) < 4.78 is 11.0. The Balaban J connectivity index is 1.45. The number of pyridine rings is 1. The van der Waals surface area contributed by atoms with E-state index in [9.17, 15) is 0 Å². The molecule has 5 heteroatoms. The molecule has 1 aliphatic rings. The molecule has 0 radical (unpaired) electrons. The van der Waals surface area contributed by atoms with Crippen LogP contribution in [0.25, 0.3) is 33.3 Å². The molecule has 4 aromatic rings. The van der Waals surface area contributed by atoms with Gasteiger partial charge >= 0.3 is 0 Å². The van der Waals surface area contributed by atoms with Crippen molar-refractivity contribution in [2.75, 3.05) is 33.4 Å². The van der Waals surface area contributed by atoms with Crippen molar-refractivity contribution in [2.24, 2.45) is 0 Å². The van der Waals surface area contributed by atoms with Crippen molar-refractivity contribution in [1.82, 2.24) is 14.9 Å². The Hall–Kier alpha value is -3.15. The number of rotatable bonds is 5. The molecule has 1 saturated heterocycles. The van der Waals surface area contributed by atoms with Crippen LogP contribution in [0.1, 0.15) is 5.56 Å². The molecule has 30 heavy (non-hydrogen) atoms. The summed E-state index contributed by atoms with van der Waals surface area (Å²) in [6, 6.07) is 19.1. The average molecular weight is 399 g/mol. The van der Waals surface area contributed by atoms with Crippen LogP contribution in [0, 0.1) is 0 Å². The Morgan fingerprint density at radius 2 is 1.80 bits per heavy atom. The molecule has 1 aliphatic heterocycles. The molecule has 5 rings (SSSR count). The molecule has 0 amide bonds. The highest BCUT2D eigenvalue weighted by atomic mass is 16.5. The number of hydrogen-bond donors (Lipinski definition) is 1. The van der Waals surface area contributed by atoms with Gasteiger partial charge in [-0.05, 0) is 23.3 Å². The second-order valence-corrected chi connectivity index (χ2v) is 7.61. The summed E-state index contributed by atoms with van der Waals surface area (Å²) >= 11 is 0. The van der Waals surface area contributed by atoms with Crippen molar-refractivity contribution < 1.29 is 9.47 Å². The number of aromatic nitrogens is 2. The molecule has 152 valence electrons. The molecule has 0 bridgehead atoms. The second kappa shape index (κ2) is 8.30. The van der Waals surface area contributed by atoms with E-state index < -0.39 is 0 Å². The Bertz CT molecular complexity index is 1140. The van der Waals surface area contributed by atoms with Gasteiger partial charge in [-0.1, -0.05) is 42.5 Å². The fraction of sp³-hybridized carbons (Fsp3) is 0.240. The van der Waals surface area contributed by atoms with Crippen LogP contribution in [0.5, 0.6) is 5.75 Å². The molecule has 0 atom stereocenters. The number of benzene rings is 2. The van der Waals surface area contributed by atoms with Crippen LogP contribution >= 0.6 is 0 Å². The van der Waals surface area contributed by atoms with Crippen molar-refractivity contribution in [3.63, 3.8) is 0 Å². The summed E-state index contributed by atoms with van der Waals surface area (Å²) in [4.78, 5) is 10.4. The highest BCUT2D eigenvalue weighted by Gasteiger charge is 2.13. The summed E-state index contributed by atoms with van der Waals surface area (Å²) in [6.45, 7) is 4.63. The topological polar surface area (TPSA) is 50.4 Å². The molecule has 2 aromatic carbocycles. The van der Waals surface area contributed by atoms with E-state index in [0.29, 0.717) is 0 Å². The first kappa shape index (κ1) is 18.9. The van der Waals surface area contributed by atoms with Crippen molar-refractivity contribution in [1.29, 1.82) is 0 Å². The normalized spacial score (nSPS) is 14.8. The Kier molecular flexibility index (Phi) is 5.22. The lowest BCUT2D eigenvalue weighted by atomic mass is 10.0. The van der Waals surface area contributed by atoms with Crippen LogP contribution in [-0.2, 0) is 11.3 Å². The Morgan fingerprint density at radius 3 is 2.60 bits per heavy atom. The first-order valence-electron chi connectivity index (χ1n) is 10.3. The quantitative estimate of drug-likeness (QED) is 0.527. The van der Waals surface area contributed by atoms with Crippen LogP contribution < -0.4 is 4.74 Å². The SMILES string of the molecule is COc1ccccc1-c1c[nH]c2ncc(-c3ccc(CN4CCOCC4)cc3)cc12. The average Bonchev–Trinajstić information content (AvgIpc) is 3.23. The van der Waals surface area contributed by atoms with Gasteiger partial charge in [-0.2, -0.15) is 0 Å². The fourth-order valence-electron chi connectivity index (χ4n) is 4.07. The molecule has 1 fully saturated rings. The number of hydrogen-bond acceptors (Lipinski definition) is 4. The van der Waals surface area contributed by atoms with Gasteiger partial charge in [-0.3, -0.25) is 4.90 Å². The van der Waals surface area contributed by atoms with E-state index in [-0.39, 0.29) is 0 Å². The zero-order valence-electron chi connectivity index (χ0n) is 17.1. The third-order valence-electron chi connectivity index (χ3n) is 5.73. The molecule has 2 aromatic heterocycles. The first-order chi connectivity index (χ1) is 14.8. The maximum absolute atomic E-state index is 5.56. The van der Waals surface area contributed by atoms with E-state index >= 15 is 0 Å². The van der Waals surface area contributed by atoms with Crippen LogP contribution in [0.3, 0.4) is 0 Å². The molecular formula is C25H25N3O2. The summed E-state index contributed by atoms with van der Waals surface area (Å²) in [6.07, 6.45) is 3.94. The highest BCUT2D eigenvalue weighted by molar-refractivity contribution is 5.97. The van der Waals surface area contributed by atoms with Crippen LogP contribution in [-0.4, -0.2) is 48.3 Å². The lowest BCUT2D eigenvalue weighted by Gasteiger charge is -2.26. The van der Waals surface area contributed by atoms with E-state index in [1.165, 1.54) is 11.1 Å². The van der Waals surface area contributed by atoms with Crippen molar-refractivity contribution in [3.05, 3.63) is 72.6 Å². The van der Waals surface area contributed by atoms with Crippen LogP contribution in [0.2, 0.25) is 0 Å². The maximum Gasteiger partial charge on any atom is 0.137 e. The van der Waals surface area contributed by atoms with Gasteiger partial charge < -0.3 is 14.5 Å². The molecule has 5 nitrogen and oxygen atoms in total. The van der Waals surface area contributed by atoms with E-state index in [4.69, 9.17) is 9.47 Å². The Labute approximate surface area is 176 Å². The first-order valence-corrected chi connectivity index (χ1v) is 10.3. The van der Waals surface area contributed by atoms with Crippen molar-refractivity contribution >= 4 is 11.0 Å². The number of ether oxygens (including phenoxy) is 2. The zero-order chi connectivity index (χ0) is 20.3. The molecular weight excluding hydrogens is 374 g/mol. The van der Waals surface area contributed by atoms with Crippen molar-refractivity contribution in [2.45, 2.75) is 6.54 Å². The van der Waals surface area contributed by atoms with Crippen LogP contribution in [0.15, 0.2) is 67.0 Å². The summed E-state index contributed by atoms with van der Waals surface area (Å²) in [5.74, 6) is 0.858. The number of fused-ring (bicyclic) bond motifs is 1. The van der Waals surface area contributed by atoms with Gasteiger partial charge in [0.2, 0.25) is 0 Å². The lowest BCUT2D eigenvalue weighted by Crippen LogP contribution is -2.35. The van der Waals surface area contributed by atoms with Gasteiger partial charge in [0.15, 0.2) is 0 Å². The second-order valence-electron chi connectivity index (χ2n) is 7.61. The lowest BCUT2D eigenvalue weighted by molar-refractivity contribution is 0.0342. The van der Waals surface area contributed by atoms with Gasteiger partial charge in [0.1, 0.15) is 11.4 Å². The Morgan fingerprint density at radius 1 is 1.00 bits per heavy atom. The van der Waals surface area contributed by atoms with E-state index in [0.717, 1.165) is 66.3 Å². The van der Waals surface area contributed by atoms with E-state index in [1.54, 1.807) is 7.11 Å². The van der Waals surface area contributed by atoms with Gasteiger partial charge in [-0.15, -0.1) is 0 Å². The number of aromatic amines is 1. The maximum atomic E-state index is 5.56. The number of methoxy groups -OCH3 is 1. The largest absolute Gasteiger partial charge is 0.496 e. The minimum atomic E-state index is 0.828.